The molecule has 0 aliphatic carbocycles. The number of carbonyl (C=O) groups is 1. The van der Waals surface area contributed by atoms with E-state index in [4.69, 9.17) is 0 Å². The minimum Gasteiger partial charge on any atom is -0.316 e. The van der Waals surface area contributed by atoms with Crippen LogP contribution in [0.1, 0.15) is 49.0 Å². The van der Waals surface area contributed by atoms with Crippen LogP contribution < -0.4 is 4.80 Å². The normalized spacial score (nSPS) is 12.3. The van der Waals surface area contributed by atoms with Gasteiger partial charge < -0.3 is 4.57 Å². The van der Waals surface area contributed by atoms with Crippen LogP contribution in [0.25, 0.3) is 10.2 Å². The van der Waals surface area contributed by atoms with E-state index in [9.17, 15) is 13.6 Å². The molecule has 1 amide bonds. The number of thiazole rings is 1. The second-order valence-electron chi connectivity index (χ2n) is 6.43. The molecule has 0 saturated heterocycles. The molecule has 0 aliphatic heterocycles. The minimum absolute atomic E-state index is 0.385. The van der Waals surface area contributed by atoms with Crippen molar-refractivity contribution in [3.8, 4) is 0 Å². The fourth-order valence-corrected chi connectivity index (χ4v) is 3.92. The summed E-state index contributed by atoms with van der Waals surface area (Å²) in [5.74, 6) is -2.32. The van der Waals surface area contributed by atoms with Gasteiger partial charge in [-0.1, -0.05) is 44.2 Å². The number of carbonyl (C=O) groups excluding carboxylic acids is 1. The van der Waals surface area contributed by atoms with E-state index < -0.39 is 23.1 Å². The first-order valence-electron chi connectivity index (χ1n) is 8.58. The molecular formula is C20H20F2N2OS. The molecule has 0 saturated carbocycles. The van der Waals surface area contributed by atoms with Gasteiger partial charge in [-0.3, -0.25) is 4.79 Å². The van der Waals surface area contributed by atoms with Gasteiger partial charge in [-0.15, -0.1) is 0 Å². The van der Waals surface area contributed by atoms with Crippen molar-refractivity contribution in [3.63, 3.8) is 0 Å². The number of rotatable bonds is 4. The molecule has 26 heavy (non-hydrogen) atoms. The summed E-state index contributed by atoms with van der Waals surface area (Å²) >= 11 is 1.36. The van der Waals surface area contributed by atoms with Crippen LogP contribution in [0.5, 0.6) is 0 Å². The third-order valence-electron chi connectivity index (χ3n) is 4.19. The van der Waals surface area contributed by atoms with E-state index >= 15 is 0 Å². The average molecular weight is 374 g/mol. The number of fused-ring (bicyclic) bond motifs is 1. The van der Waals surface area contributed by atoms with E-state index in [-0.39, 0.29) is 0 Å². The quantitative estimate of drug-likeness (QED) is 0.614. The van der Waals surface area contributed by atoms with Crippen molar-refractivity contribution in [2.45, 2.75) is 39.7 Å². The number of benzene rings is 2. The van der Waals surface area contributed by atoms with E-state index in [0.717, 1.165) is 28.8 Å². The average Bonchev–Trinajstić information content (AvgIpc) is 2.91. The first-order valence-corrected chi connectivity index (χ1v) is 9.40. The summed E-state index contributed by atoms with van der Waals surface area (Å²) in [7, 11) is 0. The molecule has 0 fully saturated rings. The molecule has 1 heterocycles. The lowest BCUT2D eigenvalue weighted by atomic mass is 10.0. The van der Waals surface area contributed by atoms with Crippen molar-refractivity contribution in [1.82, 2.24) is 4.57 Å². The van der Waals surface area contributed by atoms with Crippen LogP contribution in [0.15, 0.2) is 41.4 Å². The molecular weight excluding hydrogens is 354 g/mol. The topological polar surface area (TPSA) is 34.4 Å². The van der Waals surface area contributed by atoms with E-state index in [1.807, 2.05) is 17.6 Å². The molecule has 0 unspecified atom stereocenters. The van der Waals surface area contributed by atoms with Crippen LogP contribution in [-0.2, 0) is 6.54 Å². The smallest absolute Gasteiger partial charge is 0.285 e. The highest BCUT2D eigenvalue weighted by Crippen LogP contribution is 2.24. The molecule has 6 heteroatoms. The Hall–Kier alpha value is -2.34. The van der Waals surface area contributed by atoms with Crippen LogP contribution in [0.2, 0.25) is 0 Å². The summed E-state index contributed by atoms with van der Waals surface area (Å²) < 4.78 is 30.7. The van der Waals surface area contributed by atoms with E-state index in [1.165, 1.54) is 23.0 Å². The Balaban J connectivity index is 2.18. The van der Waals surface area contributed by atoms with Crippen molar-refractivity contribution in [1.29, 1.82) is 0 Å². The maximum absolute atomic E-state index is 13.9. The highest BCUT2D eigenvalue weighted by molar-refractivity contribution is 7.16. The maximum atomic E-state index is 13.9. The summed E-state index contributed by atoms with van der Waals surface area (Å²) in [6.07, 6.45) is 0.854. The van der Waals surface area contributed by atoms with Gasteiger partial charge in [-0.05, 0) is 42.2 Å². The molecule has 0 bridgehead atoms. The lowest BCUT2D eigenvalue weighted by molar-refractivity contribution is 0.0990. The van der Waals surface area contributed by atoms with Gasteiger partial charge in [-0.2, -0.15) is 4.99 Å². The lowest BCUT2D eigenvalue weighted by Crippen LogP contribution is -2.17. The molecule has 2 aromatic carbocycles. The van der Waals surface area contributed by atoms with Gasteiger partial charge in [0.1, 0.15) is 17.2 Å². The number of hydrogen-bond donors (Lipinski definition) is 0. The van der Waals surface area contributed by atoms with Gasteiger partial charge in [0.25, 0.3) is 5.91 Å². The van der Waals surface area contributed by atoms with Crippen LogP contribution in [0.3, 0.4) is 0 Å². The molecule has 0 atom stereocenters. The van der Waals surface area contributed by atoms with Crippen LogP contribution in [0.4, 0.5) is 8.78 Å². The zero-order valence-electron chi connectivity index (χ0n) is 14.9. The van der Waals surface area contributed by atoms with Crippen LogP contribution in [-0.4, -0.2) is 10.5 Å². The Morgan fingerprint density at radius 2 is 1.88 bits per heavy atom. The number of aryl methyl sites for hydroxylation is 1. The molecule has 136 valence electrons. The third kappa shape index (κ3) is 3.46. The lowest BCUT2D eigenvalue weighted by Gasteiger charge is -2.06. The highest BCUT2D eigenvalue weighted by atomic mass is 32.1. The molecule has 3 rings (SSSR count). The summed E-state index contributed by atoms with van der Waals surface area (Å²) in [5, 5.41) is 0. The van der Waals surface area contributed by atoms with E-state index in [0.29, 0.717) is 17.3 Å². The number of hydrogen-bond acceptors (Lipinski definition) is 2. The maximum Gasteiger partial charge on any atom is 0.285 e. The Morgan fingerprint density at radius 3 is 2.50 bits per heavy atom. The second-order valence-corrected chi connectivity index (χ2v) is 7.44. The Labute approximate surface area is 154 Å². The van der Waals surface area contributed by atoms with Crippen molar-refractivity contribution < 1.29 is 13.6 Å². The second kappa shape index (κ2) is 7.50. The summed E-state index contributed by atoms with van der Waals surface area (Å²) in [5.41, 5.74) is 1.55. The number of nitrogens with zero attached hydrogens (tertiary/aromatic N) is 2. The predicted octanol–water partition coefficient (Wildman–Crippen LogP) is 5.26. The zero-order chi connectivity index (χ0) is 18.8. The highest BCUT2D eigenvalue weighted by Gasteiger charge is 2.17. The molecule has 3 nitrogen and oxygen atoms in total. The van der Waals surface area contributed by atoms with Crippen LogP contribution >= 0.6 is 11.3 Å². The largest absolute Gasteiger partial charge is 0.316 e. The molecule has 0 N–H and O–H groups in total. The summed E-state index contributed by atoms with van der Waals surface area (Å²) in [4.78, 5) is 16.9. The van der Waals surface area contributed by atoms with Gasteiger partial charge in [0.05, 0.1) is 10.2 Å². The van der Waals surface area contributed by atoms with Gasteiger partial charge in [0.15, 0.2) is 4.80 Å². The van der Waals surface area contributed by atoms with Crippen molar-refractivity contribution in [3.05, 3.63) is 64.0 Å². The first kappa shape index (κ1) is 18.5. The van der Waals surface area contributed by atoms with Crippen LogP contribution in [0, 0.1) is 11.6 Å². The molecule has 0 radical (unpaired) electrons. The standard InChI is InChI=1S/C20H20F2N2OS/c1-4-10-24-16-9-8-13(12(2)3)11-17(16)26-20(24)23-19(25)18-14(21)6-5-7-15(18)22/h5-9,11-12H,4,10H2,1-3H3. The summed E-state index contributed by atoms with van der Waals surface area (Å²) in [6, 6.07) is 9.52. The number of amides is 1. The summed E-state index contributed by atoms with van der Waals surface area (Å²) in [6.45, 7) is 6.93. The number of halogens is 2. The Morgan fingerprint density at radius 1 is 1.19 bits per heavy atom. The molecule has 0 spiro atoms. The van der Waals surface area contributed by atoms with Gasteiger partial charge in [0, 0.05) is 6.54 Å². The Bertz CT molecular complexity index is 1010. The predicted molar refractivity (Wildman–Crippen MR) is 100 cm³/mol. The third-order valence-corrected chi connectivity index (χ3v) is 5.24. The number of aromatic nitrogens is 1. The Kier molecular flexibility index (Phi) is 5.32. The van der Waals surface area contributed by atoms with E-state index in [1.54, 1.807) is 0 Å². The van der Waals surface area contributed by atoms with Gasteiger partial charge >= 0.3 is 0 Å². The molecule has 3 aromatic rings. The SMILES string of the molecule is CCCn1c(=NC(=O)c2c(F)cccc2F)sc2cc(C(C)C)ccc21. The van der Waals surface area contributed by atoms with Crippen molar-refractivity contribution in [2.24, 2.45) is 4.99 Å². The first-order chi connectivity index (χ1) is 12.4. The zero-order valence-corrected chi connectivity index (χ0v) is 15.7. The minimum atomic E-state index is -0.902. The van der Waals surface area contributed by atoms with Crippen molar-refractivity contribution >= 4 is 27.5 Å². The molecule has 1 aromatic heterocycles. The monoisotopic (exact) mass is 374 g/mol. The fourth-order valence-electron chi connectivity index (χ4n) is 2.82. The van der Waals surface area contributed by atoms with Gasteiger partial charge in [0.2, 0.25) is 0 Å². The fraction of sp³-hybridized carbons (Fsp3) is 0.300. The van der Waals surface area contributed by atoms with E-state index in [2.05, 4.69) is 31.0 Å². The van der Waals surface area contributed by atoms with Crippen molar-refractivity contribution in [2.75, 3.05) is 0 Å². The molecule has 0 aliphatic rings. The van der Waals surface area contributed by atoms with Gasteiger partial charge in [-0.25, -0.2) is 8.78 Å².